The molecule has 4 nitrogen and oxygen atoms in total. The van der Waals surface area contributed by atoms with E-state index in [2.05, 4.69) is 34.2 Å². The highest BCUT2D eigenvalue weighted by Gasteiger charge is 2.05. The third kappa shape index (κ3) is 5.15. The Balaban J connectivity index is 2.84. The van der Waals surface area contributed by atoms with Crippen molar-refractivity contribution in [3.8, 4) is 12.0 Å². The summed E-state index contributed by atoms with van der Waals surface area (Å²) in [5.74, 6) is 3.03. The van der Waals surface area contributed by atoms with Crippen molar-refractivity contribution in [3.63, 3.8) is 0 Å². The van der Waals surface area contributed by atoms with Gasteiger partial charge in [0, 0.05) is 17.5 Å². The summed E-state index contributed by atoms with van der Waals surface area (Å²) >= 11 is 0. The minimum Gasteiger partial charge on any atom is -0.399 e. The first kappa shape index (κ1) is 15.8. The Morgan fingerprint density at radius 1 is 1.50 bits per heavy atom. The van der Waals surface area contributed by atoms with Crippen molar-refractivity contribution in [1.82, 2.24) is 5.32 Å². The molecule has 0 aromatic heterocycles. The van der Waals surface area contributed by atoms with E-state index in [1.807, 2.05) is 26.0 Å². The standard InChI is InChI=1S/C16H20N2O2/c1-5-12(2)6-7-17-16(19)15-9-13(3)8-14(10-15)11-18-20-4/h8-12H,5H2,1-4H3,(H,17,19). The predicted molar refractivity (Wildman–Crippen MR) is 80.5 cm³/mol. The molecule has 4 heteroatoms. The van der Waals surface area contributed by atoms with Crippen LogP contribution in [0.4, 0.5) is 0 Å². The molecule has 0 aliphatic rings. The van der Waals surface area contributed by atoms with E-state index in [1.54, 1.807) is 12.3 Å². The summed E-state index contributed by atoms with van der Waals surface area (Å²) in [6, 6.07) is 8.19. The van der Waals surface area contributed by atoms with Crippen LogP contribution in [0.15, 0.2) is 23.4 Å². The first-order valence-corrected chi connectivity index (χ1v) is 6.56. The van der Waals surface area contributed by atoms with Gasteiger partial charge in [0.15, 0.2) is 0 Å². The van der Waals surface area contributed by atoms with Crippen LogP contribution in [0.1, 0.15) is 41.8 Å². The van der Waals surface area contributed by atoms with Crippen molar-refractivity contribution in [2.75, 3.05) is 7.11 Å². The predicted octanol–water partition coefficient (Wildman–Crippen LogP) is 2.71. The highest BCUT2D eigenvalue weighted by molar-refractivity contribution is 5.97. The van der Waals surface area contributed by atoms with Crippen molar-refractivity contribution < 1.29 is 9.63 Å². The molecule has 106 valence electrons. The Kier molecular flexibility index (Phi) is 6.31. The molecular weight excluding hydrogens is 252 g/mol. The molecule has 0 aliphatic carbocycles. The molecule has 1 rings (SSSR count). The van der Waals surface area contributed by atoms with Gasteiger partial charge in [-0.25, -0.2) is 0 Å². The van der Waals surface area contributed by atoms with Gasteiger partial charge in [-0.1, -0.05) is 31.0 Å². The molecule has 0 saturated heterocycles. The maximum Gasteiger partial charge on any atom is 0.262 e. The van der Waals surface area contributed by atoms with E-state index in [9.17, 15) is 4.79 Å². The number of carbonyl (C=O) groups is 1. The molecule has 0 fully saturated rings. The largest absolute Gasteiger partial charge is 0.399 e. The first-order valence-electron chi connectivity index (χ1n) is 6.56. The number of aryl methyl sites for hydroxylation is 1. The molecule has 0 spiro atoms. The molecule has 1 aromatic rings. The first-order chi connectivity index (χ1) is 9.56. The maximum atomic E-state index is 12.0. The van der Waals surface area contributed by atoms with Crippen LogP contribution < -0.4 is 5.32 Å². The molecule has 1 unspecified atom stereocenters. The zero-order chi connectivity index (χ0) is 15.0. The van der Waals surface area contributed by atoms with Crippen LogP contribution in [0.5, 0.6) is 0 Å². The lowest BCUT2D eigenvalue weighted by Gasteiger charge is -2.03. The molecule has 0 bridgehead atoms. The van der Waals surface area contributed by atoms with Crippen molar-refractivity contribution >= 4 is 12.1 Å². The van der Waals surface area contributed by atoms with E-state index in [-0.39, 0.29) is 11.8 Å². The number of rotatable bonds is 4. The van der Waals surface area contributed by atoms with Crippen molar-refractivity contribution in [2.45, 2.75) is 27.2 Å². The van der Waals surface area contributed by atoms with Crippen LogP contribution in [0, 0.1) is 24.8 Å². The molecule has 0 saturated carbocycles. The number of oxime groups is 1. The zero-order valence-corrected chi connectivity index (χ0v) is 12.4. The smallest absolute Gasteiger partial charge is 0.262 e. The van der Waals surface area contributed by atoms with Gasteiger partial charge >= 0.3 is 0 Å². The maximum absolute atomic E-state index is 12.0. The summed E-state index contributed by atoms with van der Waals surface area (Å²) in [4.78, 5) is 16.6. The number of nitrogens with zero attached hydrogens (tertiary/aromatic N) is 1. The van der Waals surface area contributed by atoms with E-state index in [0.717, 1.165) is 17.5 Å². The normalized spacial score (nSPS) is 11.6. The van der Waals surface area contributed by atoms with Gasteiger partial charge in [-0.3, -0.25) is 10.1 Å². The van der Waals surface area contributed by atoms with Gasteiger partial charge in [0.1, 0.15) is 7.11 Å². The van der Waals surface area contributed by atoms with Crippen LogP contribution in [-0.4, -0.2) is 19.2 Å². The minimum absolute atomic E-state index is 0.212. The Bertz CT molecular complexity index is 553. The summed E-state index contributed by atoms with van der Waals surface area (Å²) in [5.41, 5.74) is 2.35. The van der Waals surface area contributed by atoms with Gasteiger partial charge in [0.2, 0.25) is 0 Å². The summed E-state index contributed by atoms with van der Waals surface area (Å²) in [5, 5.41) is 6.29. The zero-order valence-electron chi connectivity index (χ0n) is 12.4. The van der Waals surface area contributed by atoms with Crippen LogP contribution in [0.3, 0.4) is 0 Å². The van der Waals surface area contributed by atoms with E-state index in [4.69, 9.17) is 0 Å². The lowest BCUT2D eigenvalue weighted by Crippen LogP contribution is -2.18. The minimum atomic E-state index is -0.212. The molecule has 0 aliphatic heterocycles. The average molecular weight is 272 g/mol. The van der Waals surface area contributed by atoms with Gasteiger partial charge in [-0.05, 0) is 36.6 Å². The highest BCUT2D eigenvalue weighted by atomic mass is 16.6. The third-order valence-electron chi connectivity index (χ3n) is 2.78. The second-order valence-electron chi connectivity index (χ2n) is 4.58. The summed E-state index contributed by atoms with van der Waals surface area (Å²) < 4.78 is 0. The van der Waals surface area contributed by atoms with Crippen molar-refractivity contribution in [3.05, 3.63) is 34.9 Å². The second-order valence-corrected chi connectivity index (χ2v) is 4.58. The Labute approximate surface area is 120 Å². The van der Waals surface area contributed by atoms with Crippen molar-refractivity contribution in [1.29, 1.82) is 0 Å². The summed E-state index contributed by atoms with van der Waals surface area (Å²) in [6.07, 6.45) is 2.53. The van der Waals surface area contributed by atoms with Gasteiger partial charge in [0.25, 0.3) is 5.91 Å². The lowest BCUT2D eigenvalue weighted by atomic mass is 10.1. The lowest BCUT2D eigenvalue weighted by molar-refractivity contribution is 0.0973. The molecular formula is C16H20N2O2. The van der Waals surface area contributed by atoms with Crippen LogP contribution in [0.25, 0.3) is 0 Å². The Morgan fingerprint density at radius 3 is 2.90 bits per heavy atom. The van der Waals surface area contributed by atoms with Crippen LogP contribution >= 0.6 is 0 Å². The summed E-state index contributed by atoms with van der Waals surface area (Å²) in [6.45, 7) is 6.00. The fourth-order valence-electron chi connectivity index (χ4n) is 1.52. The quantitative estimate of drug-likeness (QED) is 0.396. The number of carbonyl (C=O) groups excluding carboxylic acids is 1. The molecule has 1 N–H and O–H groups in total. The van der Waals surface area contributed by atoms with E-state index in [0.29, 0.717) is 5.56 Å². The molecule has 1 amide bonds. The number of hydrogen-bond acceptors (Lipinski definition) is 3. The number of nitrogens with one attached hydrogen (secondary N) is 1. The van der Waals surface area contributed by atoms with Gasteiger partial charge in [0.05, 0.1) is 6.21 Å². The molecule has 0 heterocycles. The fourth-order valence-corrected chi connectivity index (χ4v) is 1.52. The van der Waals surface area contributed by atoms with Gasteiger partial charge < -0.3 is 4.84 Å². The number of benzene rings is 1. The topological polar surface area (TPSA) is 50.7 Å². The third-order valence-corrected chi connectivity index (χ3v) is 2.78. The van der Waals surface area contributed by atoms with E-state index in [1.165, 1.54) is 7.11 Å². The van der Waals surface area contributed by atoms with E-state index < -0.39 is 0 Å². The average Bonchev–Trinajstić information content (AvgIpc) is 2.44. The Hall–Kier alpha value is -2.28. The molecule has 0 radical (unpaired) electrons. The second kappa shape index (κ2) is 8.00. The molecule has 20 heavy (non-hydrogen) atoms. The molecule has 1 aromatic carbocycles. The number of amides is 1. The van der Waals surface area contributed by atoms with Gasteiger partial charge in [-0.2, -0.15) is 0 Å². The van der Waals surface area contributed by atoms with Gasteiger partial charge in [-0.15, -0.1) is 0 Å². The van der Waals surface area contributed by atoms with E-state index >= 15 is 0 Å². The van der Waals surface area contributed by atoms with Crippen molar-refractivity contribution in [2.24, 2.45) is 11.1 Å². The fraction of sp³-hybridized carbons (Fsp3) is 0.375. The Morgan fingerprint density at radius 2 is 2.25 bits per heavy atom. The molecule has 1 atom stereocenters. The SMILES string of the molecule is CCC(C)C#CNC(=O)c1cc(C)cc(C=NOC)c1. The number of hydrogen-bond donors (Lipinski definition) is 1. The van der Waals surface area contributed by atoms with Crippen LogP contribution in [0.2, 0.25) is 0 Å². The highest BCUT2D eigenvalue weighted by Crippen LogP contribution is 2.08. The summed E-state index contributed by atoms with van der Waals surface area (Å²) in [7, 11) is 1.48. The van der Waals surface area contributed by atoms with Crippen LogP contribution in [-0.2, 0) is 4.84 Å². The monoisotopic (exact) mass is 272 g/mol.